The Balaban J connectivity index is 1.68. The first-order chi connectivity index (χ1) is 16.6. The zero-order valence-corrected chi connectivity index (χ0v) is 21.4. The van der Waals surface area contributed by atoms with E-state index in [4.69, 9.17) is 0 Å². The van der Waals surface area contributed by atoms with E-state index >= 15 is 0 Å². The highest BCUT2D eigenvalue weighted by molar-refractivity contribution is 5.39. The van der Waals surface area contributed by atoms with E-state index in [9.17, 15) is 10.2 Å². The van der Waals surface area contributed by atoms with Gasteiger partial charge >= 0.3 is 0 Å². The molecular formula is C32H48O2. The molecule has 2 nitrogen and oxygen atoms in total. The first-order valence-corrected chi connectivity index (χ1v) is 14.2. The second-order valence-corrected chi connectivity index (χ2v) is 10.7. The predicted octanol–water partition coefficient (Wildman–Crippen LogP) is 8.69. The highest BCUT2D eigenvalue weighted by Crippen LogP contribution is 2.42. The van der Waals surface area contributed by atoms with Crippen LogP contribution in [0.3, 0.4) is 0 Å². The zero-order valence-electron chi connectivity index (χ0n) is 21.4. The third-order valence-electron chi connectivity index (χ3n) is 8.01. The van der Waals surface area contributed by atoms with Crippen molar-refractivity contribution in [1.82, 2.24) is 0 Å². The third-order valence-corrected chi connectivity index (χ3v) is 8.01. The van der Waals surface area contributed by atoms with Gasteiger partial charge < -0.3 is 10.2 Å². The van der Waals surface area contributed by atoms with Crippen molar-refractivity contribution in [1.29, 1.82) is 0 Å². The van der Waals surface area contributed by atoms with Crippen LogP contribution in [0.15, 0.2) is 60.7 Å². The van der Waals surface area contributed by atoms with E-state index in [1.54, 1.807) is 0 Å². The highest BCUT2D eigenvalue weighted by Gasteiger charge is 2.33. The topological polar surface area (TPSA) is 40.5 Å². The van der Waals surface area contributed by atoms with E-state index in [0.29, 0.717) is 12.8 Å². The van der Waals surface area contributed by atoms with Crippen LogP contribution < -0.4 is 0 Å². The van der Waals surface area contributed by atoms with E-state index in [0.717, 1.165) is 25.7 Å². The van der Waals surface area contributed by atoms with Gasteiger partial charge in [0, 0.05) is 18.3 Å². The molecule has 0 unspecified atom stereocenters. The molecule has 188 valence electrons. The van der Waals surface area contributed by atoms with Gasteiger partial charge in [-0.3, -0.25) is 0 Å². The SMILES string of the molecule is OC1(O)CCCCCCCCCC(c2ccccc2)(c2ccccc2)CCCCCCCCC1. The van der Waals surface area contributed by atoms with E-state index in [-0.39, 0.29) is 5.41 Å². The summed E-state index contributed by atoms with van der Waals surface area (Å²) in [6, 6.07) is 22.6. The Hall–Kier alpha value is -1.64. The van der Waals surface area contributed by atoms with Crippen molar-refractivity contribution in [3.63, 3.8) is 0 Å². The lowest BCUT2D eigenvalue weighted by Crippen LogP contribution is -2.28. The Morgan fingerprint density at radius 1 is 0.382 bits per heavy atom. The molecule has 1 fully saturated rings. The molecule has 0 atom stereocenters. The fraction of sp³-hybridized carbons (Fsp3) is 0.625. The van der Waals surface area contributed by atoms with Crippen LogP contribution in [0.25, 0.3) is 0 Å². The van der Waals surface area contributed by atoms with Gasteiger partial charge in [-0.2, -0.15) is 0 Å². The summed E-state index contributed by atoms with van der Waals surface area (Å²) in [6.45, 7) is 0. The van der Waals surface area contributed by atoms with Gasteiger partial charge in [-0.15, -0.1) is 0 Å². The third kappa shape index (κ3) is 8.86. The first kappa shape index (κ1) is 27.0. The number of hydrogen-bond acceptors (Lipinski definition) is 2. The normalized spacial score (nSPS) is 21.9. The second-order valence-electron chi connectivity index (χ2n) is 10.7. The van der Waals surface area contributed by atoms with Crippen molar-refractivity contribution < 1.29 is 10.2 Å². The van der Waals surface area contributed by atoms with Crippen molar-refractivity contribution in [2.24, 2.45) is 0 Å². The largest absolute Gasteiger partial charge is 0.366 e. The maximum atomic E-state index is 10.2. The lowest BCUT2D eigenvalue weighted by molar-refractivity contribution is -0.172. The smallest absolute Gasteiger partial charge is 0.162 e. The first-order valence-electron chi connectivity index (χ1n) is 14.2. The van der Waals surface area contributed by atoms with Crippen LogP contribution in [0.5, 0.6) is 0 Å². The van der Waals surface area contributed by atoms with Crippen LogP contribution in [0.4, 0.5) is 0 Å². The minimum Gasteiger partial charge on any atom is -0.366 e. The summed E-state index contributed by atoms with van der Waals surface area (Å²) in [5, 5.41) is 20.5. The summed E-state index contributed by atoms with van der Waals surface area (Å²) >= 11 is 0. The van der Waals surface area contributed by atoms with Crippen molar-refractivity contribution in [2.45, 2.75) is 127 Å². The van der Waals surface area contributed by atoms with Crippen LogP contribution in [0.2, 0.25) is 0 Å². The van der Waals surface area contributed by atoms with Crippen LogP contribution >= 0.6 is 0 Å². The Morgan fingerprint density at radius 3 is 1.03 bits per heavy atom. The van der Waals surface area contributed by atoms with Gasteiger partial charge in [-0.25, -0.2) is 0 Å². The van der Waals surface area contributed by atoms with Gasteiger partial charge in [0.2, 0.25) is 0 Å². The molecule has 0 amide bonds. The summed E-state index contributed by atoms with van der Waals surface area (Å²) < 4.78 is 0. The van der Waals surface area contributed by atoms with Gasteiger partial charge in [0.1, 0.15) is 0 Å². The molecule has 2 heteroatoms. The Kier molecular flexibility index (Phi) is 11.6. The van der Waals surface area contributed by atoms with Gasteiger partial charge in [0.25, 0.3) is 0 Å². The molecule has 1 aliphatic rings. The standard InChI is InChI=1S/C32H48O2/c33-32(34)27-19-9-5-1-3-7-17-25-31(29-21-13-11-14-22-29,30-23-15-12-16-24-30)26-18-8-4-2-6-10-20-28-32/h11-16,21-24,33-34H,1-10,17-20,25-28H2. The molecule has 0 heterocycles. The molecule has 3 rings (SSSR count). The molecule has 1 aliphatic carbocycles. The fourth-order valence-corrected chi connectivity index (χ4v) is 5.95. The molecule has 0 aromatic heterocycles. The van der Waals surface area contributed by atoms with Crippen LogP contribution in [0.1, 0.15) is 127 Å². The van der Waals surface area contributed by atoms with Gasteiger partial charge in [0.05, 0.1) is 0 Å². The molecule has 34 heavy (non-hydrogen) atoms. The lowest BCUT2D eigenvalue weighted by Gasteiger charge is -2.36. The van der Waals surface area contributed by atoms with Crippen LogP contribution in [-0.4, -0.2) is 16.0 Å². The molecule has 0 bridgehead atoms. The van der Waals surface area contributed by atoms with Crippen LogP contribution in [0, 0.1) is 0 Å². The average Bonchev–Trinajstić information content (AvgIpc) is 2.86. The maximum absolute atomic E-state index is 10.2. The van der Waals surface area contributed by atoms with E-state index in [2.05, 4.69) is 60.7 Å². The predicted molar refractivity (Wildman–Crippen MR) is 144 cm³/mol. The maximum Gasteiger partial charge on any atom is 0.162 e. The van der Waals surface area contributed by atoms with E-state index in [1.165, 1.54) is 88.2 Å². The summed E-state index contributed by atoms with van der Waals surface area (Å²) in [5.74, 6) is -1.45. The van der Waals surface area contributed by atoms with Crippen molar-refractivity contribution in [2.75, 3.05) is 0 Å². The van der Waals surface area contributed by atoms with Crippen molar-refractivity contribution in [3.05, 3.63) is 71.8 Å². The minimum absolute atomic E-state index is 0.120. The monoisotopic (exact) mass is 464 g/mol. The molecular weight excluding hydrogens is 416 g/mol. The van der Waals surface area contributed by atoms with E-state index in [1.807, 2.05) is 0 Å². The molecule has 2 N–H and O–H groups in total. The molecule has 0 radical (unpaired) electrons. The molecule has 2 aromatic rings. The highest BCUT2D eigenvalue weighted by atomic mass is 16.5. The molecule has 1 saturated carbocycles. The van der Waals surface area contributed by atoms with Gasteiger partial charge in [0.15, 0.2) is 5.79 Å². The summed E-state index contributed by atoms with van der Waals surface area (Å²) in [5.41, 5.74) is 3.09. The zero-order chi connectivity index (χ0) is 24.0. The molecule has 0 spiro atoms. The number of hydrogen-bond donors (Lipinski definition) is 2. The summed E-state index contributed by atoms with van der Waals surface area (Å²) in [4.78, 5) is 0. The number of benzene rings is 2. The molecule has 0 aliphatic heterocycles. The Labute approximate surface area is 208 Å². The van der Waals surface area contributed by atoms with Gasteiger partial charge in [-0.05, 0) is 36.8 Å². The van der Waals surface area contributed by atoms with Crippen molar-refractivity contribution in [3.8, 4) is 0 Å². The molecule has 2 aromatic carbocycles. The Morgan fingerprint density at radius 2 is 0.676 bits per heavy atom. The summed E-state index contributed by atoms with van der Waals surface area (Å²) in [7, 11) is 0. The lowest BCUT2D eigenvalue weighted by atomic mass is 9.68. The molecule has 0 saturated heterocycles. The summed E-state index contributed by atoms with van der Waals surface area (Å²) in [6.07, 6.45) is 20.2. The number of rotatable bonds is 2. The Bertz CT molecular complexity index is 703. The second kappa shape index (κ2) is 14.7. The number of aliphatic hydroxyl groups is 2. The van der Waals surface area contributed by atoms with E-state index < -0.39 is 5.79 Å². The quantitative estimate of drug-likeness (QED) is 0.436. The van der Waals surface area contributed by atoms with Crippen LogP contribution in [-0.2, 0) is 5.41 Å². The fourth-order valence-electron chi connectivity index (χ4n) is 5.95. The average molecular weight is 465 g/mol. The minimum atomic E-state index is -1.45. The van der Waals surface area contributed by atoms with Gasteiger partial charge in [-0.1, -0.05) is 138 Å². The van der Waals surface area contributed by atoms with Crippen molar-refractivity contribution >= 4 is 0 Å².